The number of rotatable bonds is 6. The molecule has 1 atom stereocenters. The summed E-state index contributed by atoms with van der Waals surface area (Å²) in [5.41, 5.74) is 0. The van der Waals surface area contributed by atoms with Crippen molar-refractivity contribution in [2.75, 3.05) is 6.61 Å². The van der Waals surface area contributed by atoms with Crippen LogP contribution in [0.5, 0.6) is 0 Å². The molecule has 0 bridgehead atoms. The minimum Gasteiger partial charge on any atom is -0.481 e. The van der Waals surface area contributed by atoms with Crippen molar-refractivity contribution in [3.05, 3.63) is 0 Å². The Hall–Kier alpha value is -0.460. The second-order valence-corrected chi connectivity index (χ2v) is 3.60. The van der Waals surface area contributed by atoms with Gasteiger partial charge in [-0.3, -0.25) is 9.32 Å². The first-order valence-electron chi connectivity index (χ1n) is 3.41. The summed E-state index contributed by atoms with van der Waals surface area (Å²) in [4.78, 5) is 26.4. The quantitative estimate of drug-likeness (QED) is 0.432. The van der Waals surface area contributed by atoms with Crippen LogP contribution < -0.4 is 0 Å². The van der Waals surface area contributed by atoms with Crippen LogP contribution in [-0.4, -0.2) is 38.7 Å². The summed E-state index contributed by atoms with van der Waals surface area (Å²) in [6.45, 7) is -0.376. The molecule has 0 saturated carbocycles. The maximum absolute atomic E-state index is 10.1. The van der Waals surface area contributed by atoms with Crippen molar-refractivity contribution in [3.63, 3.8) is 0 Å². The summed E-state index contributed by atoms with van der Waals surface area (Å²) < 4.78 is 14.1. The van der Waals surface area contributed by atoms with Gasteiger partial charge in [-0.1, -0.05) is 0 Å². The molecule has 0 spiro atoms. The molecule has 0 amide bonds. The van der Waals surface area contributed by atoms with E-state index < -0.39 is 26.3 Å². The van der Waals surface area contributed by atoms with Gasteiger partial charge in [0, 0.05) is 0 Å². The van der Waals surface area contributed by atoms with Gasteiger partial charge in [-0.15, -0.1) is 0 Å². The van der Waals surface area contributed by atoms with Gasteiger partial charge in [-0.05, 0) is 6.42 Å². The van der Waals surface area contributed by atoms with Crippen LogP contribution in [0, 0.1) is 0 Å². The van der Waals surface area contributed by atoms with Crippen LogP contribution in [0.2, 0.25) is 0 Å². The minimum absolute atomic E-state index is 0.128. The van der Waals surface area contributed by atoms with Crippen molar-refractivity contribution < 1.29 is 33.9 Å². The predicted octanol–water partition coefficient (Wildman–Crippen LogP) is -0.679. The normalized spacial score (nSPS) is 14.1. The lowest BCUT2D eigenvalue weighted by Gasteiger charge is -2.08. The largest absolute Gasteiger partial charge is 0.481 e. The lowest BCUT2D eigenvalue weighted by molar-refractivity contribution is -0.139. The number of aliphatic hydroxyl groups is 1. The van der Waals surface area contributed by atoms with Crippen molar-refractivity contribution in [3.8, 4) is 0 Å². The van der Waals surface area contributed by atoms with Gasteiger partial charge in [0.25, 0.3) is 0 Å². The Bertz CT molecular complexity index is 209. The zero-order chi connectivity index (χ0) is 10.5. The van der Waals surface area contributed by atoms with E-state index in [2.05, 4.69) is 4.52 Å². The molecular weight excluding hydrogens is 203 g/mol. The third kappa shape index (κ3) is 9.45. The van der Waals surface area contributed by atoms with Crippen LogP contribution in [-0.2, 0) is 13.9 Å². The van der Waals surface area contributed by atoms with E-state index in [1.165, 1.54) is 0 Å². The highest BCUT2D eigenvalue weighted by Gasteiger charge is 2.15. The van der Waals surface area contributed by atoms with Gasteiger partial charge in [0.15, 0.2) is 0 Å². The molecule has 0 aromatic rings. The second-order valence-electron chi connectivity index (χ2n) is 2.36. The van der Waals surface area contributed by atoms with Gasteiger partial charge in [0.2, 0.25) is 0 Å². The third-order valence-electron chi connectivity index (χ3n) is 1.12. The predicted molar refractivity (Wildman–Crippen MR) is 40.9 cm³/mol. The van der Waals surface area contributed by atoms with E-state index in [0.717, 1.165) is 0 Å². The smallest absolute Gasteiger partial charge is 0.469 e. The number of hydrogen-bond donors (Lipinski definition) is 4. The summed E-state index contributed by atoms with van der Waals surface area (Å²) >= 11 is 0. The number of aliphatic carboxylic acids is 1. The average Bonchev–Trinajstić information content (AvgIpc) is 1.81. The average molecular weight is 214 g/mol. The van der Waals surface area contributed by atoms with Crippen LogP contribution in [0.4, 0.5) is 0 Å². The molecule has 0 heterocycles. The maximum Gasteiger partial charge on any atom is 0.469 e. The monoisotopic (exact) mass is 214 g/mol. The third-order valence-corrected chi connectivity index (χ3v) is 1.64. The topological polar surface area (TPSA) is 124 Å². The zero-order valence-electron chi connectivity index (χ0n) is 6.66. The molecule has 0 rings (SSSR count). The number of carbonyl (C=O) groups is 1. The van der Waals surface area contributed by atoms with Crippen molar-refractivity contribution in [1.29, 1.82) is 0 Å². The van der Waals surface area contributed by atoms with E-state index in [1.54, 1.807) is 0 Å². The summed E-state index contributed by atoms with van der Waals surface area (Å²) in [6.07, 6.45) is -1.74. The highest BCUT2D eigenvalue weighted by atomic mass is 31.2. The molecule has 7 nitrogen and oxygen atoms in total. The Balaban J connectivity index is 3.54. The summed E-state index contributed by atoms with van der Waals surface area (Å²) in [6, 6.07) is 0. The van der Waals surface area contributed by atoms with E-state index in [-0.39, 0.29) is 13.0 Å². The number of phosphoric acid groups is 1. The van der Waals surface area contributed by atoms with Crippen LogP contribution in [0.25, 0.3) is 0 Å². The summed E-state index contributed by atoms with van der Waals surface area (Å²) in [5.74, 6) is -1.18. The Kier molecular flexibility index (Phi) is 5.12. The Labute approximate surface area is 74.2 Å². The first-order valence-corrected chi connectivity index (χ1v) is 4.94. The minimum atomic E-state index is -4.51. The molecular formula is C5H11O7P. The lowest BCUT2D eigenvalue weighted by Crippen LogP contribution is -2.14. The van der Waals surface area contributed by atoms with Gasteiger partial charge in [-0.2, -0.15) is 0 Å². The molecule has 0 aliphatic heterocycles. The molecule has 0 radical (unpaired) electrons. The van der Waals surface area contributed by atoms with Crippen molar-refractivity contribution in [2.24, 2.45) is 0 Å². The van der Waals surface area contributed by atoms with Gasteiger partial charge in [-0.25, -0.2) is 4.57 Å². The molecule has 13 heavy (non-hydrogen) atoms. The number of carboxylic acids is 1. The van der Waals surface area contributed by atoms with Gasteiger partial charge in [0.05, 0.1) is 19.1 Å². The van der Waals surface area contributed by atoms with Gasteiger partial charge in [0.1, 0.15) is 0 Å². The second kappa shape index (κ2) is 5.31. The number of carboxylic acid groups (broad SMARTS) is 1. The number of hydrogen-bond acceptors (Lipinski definition) is 4. The van der Waals surface area contributed by atoms with E-state index in [0.29, 0.717) is 0 Å². The fourth-order valence-electron chi connectivity index (χ4n) is 0.611. The molecule has 1 unspecified atom stereocenters. The molecule has 0 aliphatic carbocycles. The molecule has 4 N–H and O–H groups in total. The van der Waals surface area contributed by atoms with Crippen molar-refractivity contribution >= 4 is 13.8 Å². The molecule has 0 aliphatic rings. The highest BCUT2D eigenvalue weighted by Crippen LogP contribution is 2.35. The van der Waals surface area contributed by atoms with E-state index in [4.69, 9.17) is 20.0 Å². The molecule has 78 valence electrons. The Morgan fingerprint density at radius 1 is 1.46 bits per heavy atom. The summed E-state index contributed by atoms with van der Waals surface area (Å²) in [5, 5.41) is 17.1. The molecule has 0 fully saturated rings. The van der Waals surface area contributed by atoms with Crippen LogP contribution in [0.15, 0.2) is 0 Å². The lowest BCUT2D eigenvalue weighted by atomic mass is 10.2. The molecule has 8 heteroatoms. The van der Waals surface area contributed by atoms with E-state index in [9.17, 15) is 9.36 Å². The first kappa shape index (κ1) is 12.5. The Morgan fingerprint density at radius 2 is 2.00 bits per heavy atom. The van der Waals surface area contributed by atoms with Crippen LogP contribution in [0.3, 0.4) is 0 Å². The van der Waals surface area contributed by atoms with E-state index in [1.807, 2.05) is 0 Å². The SMILES string of the molecule is O=C(O)CC(O)CCOP(=O)(O)O. The molecule has 0 saturated heterocycles. The van der Waals surface area contributed by atoms with Crippen molar-refractivity contribution in [1.82, 2.24) is 0 Å². The van der Waals surface area contributed by atoms with Crippen LogP contribution in [0.1, 0.15) is 12.8 Å². The van der Waals surface area contributed by atoms with Crippen molar-refractivity contribution in [2.45, 2.75) is 18.9 Å². The summed E-state index contributed by atoms with van der Waals surface area (Å²) in [7, 11) is -4.51. The first-order chi connectivity index (χ1) is 5.81. The zero-order valence-corrected chi connectivity index (χ0v) is 7.55. The standard InChI is InChI=1S/C5H11O7P/c6-4(3-5(7)8)1-2-12-13(9,10)11/h4,6H,1-3H2,(H,7,8)(H2,9,10,11). The highest BCUT2D eigenvalue weighted by molar-refractivity contribution is 7.46. The Morgan fingerprint density at radius 3 is 2.38 bits per heavy atom. The molecule has 0 aromatic heterocycles. The fraction of sp³-hybridized carbons (Fsp3) is 0.800. The number of aliphatic hydroxyl groups excluding tert-OH is 1. The number of phosphoric ester groups is 1. The van der Waals surface area contributed by atoms with Crippen LogP contribution >= 0.6 is 7.82 Å². The molecule has 0 aromatic carbocycles. The van der Waals surface area contributed by atoms with E-state index >= 15 is 0 Å². The fourth-order valence-corrected chi connectivity index (χ4v) is 0.955. The van der Waals surface area contributed by atoms with Gasteiger partial charge >= 0.3 is 13.8 Å². The maximum atomic E-state index is 10.1. The van der Waals surface area contributed by atoms with Gasteiger partial charge < -0.3 is 20.0 Å².